The smallest absolute Gasteiger partial charge is 0.0334 e. The van der Waals surface area contributed by atoms with Gasteiger partial charge in [-0.25, -0.2) is 0 Å². The van der Waals surface area contributed by atoms with Crippen LogP contribution in [-0.4, -0.2) is 30.1 Å². The normalized spacial score (nSPS) is 23.3. The van der Waals surface area contributed by atoms with Crippen LogP contribution in [0.15, 0.2) is 41.8 Å². The molecule has 1 aromatic carbocycles. The van der Waals surface area contributed by atoms with Crippen LogP contribution in [0, 0.1) is 6.92 Å². The molecular formula is C18H24N2S. The molecule has 112 valence electrons. The van der Waals surface area contributed by atoms with Gasteiger partial charge in [-0.2, -0.15) is 0 Å². The van der Waals surface area contributed by atoms with Crippen molar-refractivity contribution in [1.82, 2.24) is 10.2 Å². The van der Waals surface area contributed by atoms with Gasteiger partial charge in [-0.1, -0.05) is 30.3 Å². The lowest BCUT2D eigenvalue weighted by Gasteiger charge is -2.39. The summed E-state index contributed by atoms with van der Waals surface area (Å²) in [5, 5.41) is 5.91. The Morgan fingerprint density at radius 1 is 1.24 bits per heavy atom. The number of thiophene rings is 1. The van der Waals surface area contributed by atoms with Crippen LogP contribution in [0.4, 0.5) is 0 Å². The van der Waals surface area contributed by atoms with E-state index in [-0.39, 0.29) is 0 Å². The van der Waals surface area contributed by atoms with Crippen molar-refractivity contribution in [3.05, 3.63) is 57.8 Å². The van der Waals surface area contributed by atoms with Gasteiger partial charge in [0.25, 0.3) is 0 Å². The molecule has 3 heteroatoms. The van der Waals surface area contributed by atoms with E-state index in [1.165, 1.54) is 16.0 Å². The maximum absolute atomic E-state index is 3.70. The third kappa shape index (κ3) is 3.73. The quantitative estimate of drug-likeness (QED) is 0.930. The van der Waals surface area contributed by atoms with Crippen LogP contribution in [0.2, 0.25) is 0 Å². The second-order valence-corrected chi connectivity index (χ2v) is 7.10. The van der Waals surface area contributed by atoms with E-state index in [0.29, 0.717) is 12.1 Å². The number of rotatable bonds is 4. The summed E-state index contributed by atoms with van der Waals surface area (Å²) >= 11 is 1.89. The number of nitrogens with zero attached hydrogens (tertiary/aromatic N) is 1. The zero-order valence-electron chi connectivity index (χ0n) is 12.9. The van der Waals surface area contributed by atoms with Crippen LogP contribution in [0.3, 0.4) is 0 Å². The van der Waals surface area contributed by atoms with Crippen LogP contribution < -0.4 is 5.32 Å². The molecule has 1 fully saturated rings. The first-order chi connectivity index (χ1) is 10.2. The van der Waals surface area contributed by atoms with Crippen molar-refractivity contribution in [1.29, 1.82) is 0 Å². The predicted octanol–water partition coefficient (Wildman–Crippen LogP) is 3.46. The average molecular weight is 300 g/mol. The van der Waals surface area contributed by atoms with Crippen molar-refractivity contribution in [2.24, 2.45) is 0 Å². The van der Waals surface area contributed by atoms with Gasteiger partial charge >= 0.3 is 0 Å². The fraction of sp³-hybridized carbons (Fsp3) is 0.444. The lowest BCUT2D eigenvalue weighted by atomic mass is 10.0. The molecule has 1 aromatic heterocycles. The minimum Gasteiger partial charge on any atom is -0.311 e. The van der Waals surface area contributed by atoms with Crippen LogP contribution in [-0.2, 0) is 13.0 Å². The van der Waals surface area contributed by atoms with Gasteiger partial charge < -0.3 is 5.32 Å². The Kier molecular flexibility index (Phi) is 4.73. The molecule has 0 saturated carbocycles. The summed E-state index contributed by atoms with van der Waals surface area (Å²) in [7, 11) is 0. The van der Waals surface area contributed by atoms with Crippen molar-refractivity contribution in [3.63, 3.8) is 0 Å². The molecule has 1 aliphatic heterocycles. The van der Waals surface area contributed by atoms with Crippen molar-refractivity contribution in [3.8, 4) is 0 Å². The lowest BCUT2D eigenvalue weighted by Crippen LogP contribution is -2.55. The molecule has 1 saturated heterocycles. The summed E-state index contributed by atoms with van der Waals surface area (Å²) in [6.07, 6.45) is 1.12. The first-order valence-electron chi connectivity index (χ1n) is 7.76. The van der Waals surface area contributed by atoms with Gasteiger partial charge in [0.15, 0.2) is 0 Å². The molecule has 2 aromatic rings. The molecule has 0 bridgehead atoms. The van der Waals surface area contributed by atoms with E-state index in [1.807, 2.05) is 11.3 Å². The fourth-order valence-electron chi connectivity index (χ4n) is 3.00. The number of aryl methyl sites for hydroxylation is 1. The van der Waals surface area contributed by atoms with Crippen LogP contribution in [0.1, 0.15) is 22.9 Å². The molecule has 0 amide bonds. The minimum atomic E-state index is 0.559. The standard InChI is InChI=1S/C18H24N2S/c1-14-8-9-21-18(14)13-20-12-17(19-11-15(20)2)10-16-6-4-3-5-7-16/h3-9,15,17,19H,10-13H2,1-2H3. The van der Waals surface area contributed by atoms with Crippen molar-refractivity contribution in [2.45, 2.75) is 38.9 Å². The molecule has 3 rings (SSSR count). The molecular weight excluding hydrogens is 276 g/mol. The Bertz CT molecular complexity index is 564. The third-order valence-corrected chi connectivity index (χ3v) is 5.43. The van der Waals surface area contributed by atoms with Crippen molar-refractivity contribution in [2.75, 3.05) is 13.1 Å². The van der Waals surface area contributed by atoms with Gasteiger partial charge in [0.1, 0.15) is 0 Å². The zero-order valence-corrected chi connectivity index (χ0v) is 13.7. The highest BCUT2D eigenvalue weighted by atomic mass is 32.1. The highest BCUT2D eigenvalue weighted by Crippen LogP contribution is 2.21. The van der Waals surface area contributed by atoms with Gasteiger partial charge in [0.05, 0.1) is 0 Å². The predicted molar refractivity (Wildman–Crippen MR) is 90.9 cm³/mol. The van der Waals surface area contributed by atoms with E-state index in [9.17, 15) is 0 Å². The molecule has 2 unspecified atom stereocenters. The van der Waals surface area contributed by atoms with Gasteiger partial charge in [0.2, 0.25) is 0 Å². The largest absolute Gasteiger partial charge is 0.311 e. The van der Waals surface area contributed by atoms with Gasteiger partial charge in [-0.05, 0) is 42.8 Å². The summed E-state index contributed by atoms with van der Waals surface area (Å²) in [5.41, 5.74) is 2.86. The third-order valence-electron chi connectivity index (χ3n) is 4.42. The first kappa shape index (κ1) is 14.8. The highest BCUT2D eigenvalue weighted by Gasteiger charge is 2.25. The number of hydrogen-bond acceptors (Lipinski definition) is 3. The van der Waals surface area contributed by atoms with Gasteiger partial charge in [0, 0.05) is 36.6 Å². The Labute approximate surface area is 131 Å². The summed E-state index contributed by atoms with van der Waals surface area (Å²) in [5.74, 6) is 0. The van der Waals surface area contributed by atoms with E-state index < -0.39 is 0 Å². The van der Waals surface area contributed by atoms with E-state index in [2.05, 4.69) is 65.8 Å². The molecule has 0 spiro atoms. The fourth-order valence-corrected chi connectivity index (χ4v) is 3.93. The second kappa shape index (κ2) is 6.73. The van der Waals surface area contributed by atoms with Crippen LogP contribution in [0.5, 0.6) is 0 Å². The summed E-state index contributed by atoms with van der Waals surface area (Å²) in [6, 6.07) is 14.2. The first-order valence-corrected chi connectivity index (χ1v) is 8.64. The molecule has 2 heterocycles. The highest BCUT2D eigenvalue weighted by molar-refractivity contribution is 7.10. The van der Waals surface area contributed by atoms with E-state index in [4.69, 9.17) is 0 Å². The van der Waals surface area contributed by atoms with Gasteiger partial charge in [-0.3, -0.25) is 4.90 Å². The average Bonchev–Trinajstić information content (AvgIpc) is 2.89. The number of benzene rings is 1. The number of piperazine rings is 1. The molecule has 0 radical (unpaired) electrons. The monoisotopic (exact) mass is 300 g/mol. The second-order valence-electron chi connectivity index (χ2n) is 6.10. The molecule has 21 heavy (non-hydrogen) atoms. The van der Waals surface area contributed by atoms with Crippen LogP contribution in [0.25, 0.3) is 0 Å². The summed E-state index contributed by atoms with van der Waals surface area (Å²) in [6.45, 7) is 7.86. The lowest BCUT2D eigenvalue weighted by molar-refractivity contribution is 0.134. The van der Waals surface area contributed by atoms with E-state index >= 15 is 0 Å². The summed E-state index contributed by atoms with van der Waals surface area (Å²) < 4.78 is 0. The van der Waals surface area contributed by atoms with Crippen molar-refractivity contribution < 1.29 is 0 Å². The molecule has 2 nitrogen and oxygen atoms in total. The number of hydrogen-bond donors (Lipinski definition) is 1. The van der Waals surface area contributed by atoms with E-state index in [0.717, 1.165) is 26.1 Å². The van der Waals surface area contributed by atoms with Crippen molar-refractivity contribution >= 4 is 11.3 Å². The molecule has 1 aliphatic rings. The maximum Gasteiger partial charge on any atom is 0.0334 e. The summed E-state index contributed by atoms with van der Waals surface area (Å²) in [4.78, 5) is 4.14. The Balaban J connectivity index is 1.63. The minimum absolute atomic E-state index is 0.559. The van der Waals surface area contributed by atoms with Crippen LogP contribution >= 0.6 is 11.3 Å². The topological polar surface area (TPSA) is 15.3 Å². The molecule has 2 atom stereocenters. The Morgan fingerprint density at radius 3 is 2.76 bits per heavy atom. The molecule has 0 aliphatic carbocycles. The molecule has 1 N–H and O–H groups in total. The van der Waals surface area contributed by atoms with Gasteiger partial charge in [-0.15, -0.1) is 11.3 Å². The number of nitrogens with one attached hydrogen (secondary N) is 1. The van der Waals surface area contributed by atoms with E-state index in [1.54, 1.807) is 0 Å². The Morgan fingerprint density at radius 2 is 2.05 bits per heavy atom. The Hall–Kier alpha value is -1.16. The zero-order chi connectivity index (χ0) is 14.7. The SMILES string of the molecule is Cc1ccsc1CN1CC(Cc2ccccc2)NCC1C. The maximum atomic E-state index is 3.70.